The molecule has 0 aliphatic carbocycles. The third-order valence-electron chi connectivity index (χ3n) is 8.62. The number of ether oxygens (including phenoxy) is 1. The van der Waals surface area contributed by atoms with E-state index < -0.39 is 31.6 Å². The van der Waals surface area contributed by atoms with Gasteiger partial charge in [-0.25, -0.2) is 0 Å². The molecule has 0 saturated carbocycles. The summed E-state index contributed by atoms with van der Waals surface area (Å²) in [6.45, 7) is 7.29. The quantitative estimate of drug-likeness (QED) is 0.336. The van der Waals surface area contributed by atoms with Crippen molar-refractivity contribution >= 4 is 31.6 Å². The maximum absolute atomic E-state index is 15.9. The van der Waals surface area contributed by atoms with Crippen LogP contribution in [0, 0.1) is 11.8 Å². The number of halogens is 1. The fourth-order valence-corrected chi connectivity index (χ4v) is 9.30. The number of aliphatic hydroxyl groups is 1. The van der Waals surface area contributed by atoms with Gasteiger partial charge >= 0.3 is 0 Å². The highest BCUT2D eigenvalue weighted by Gasteiger charge is 2.66. The highest BCUT2D eigenvalue weighted by atomic mass is 28.4. The summed E-state index contributed by atoms with van der Waals surface area (Å²) in [4.78, 5) is 28.4. The van der Waals surface area contributed by atoms with Crippen molar-refractivity contribution in [1.29, 1.82) is 0 Å². The van der Waals surface area contributed by atoms with E-state index in [0.29, 0.717) is 48.6 Å². The molecule has 1 spiro atoms. The maximum Gasteiger partial charge on any atom is 0.264 e. The van der Waals surface area contributed by atoms with Gasteiger partial charge in [0.1, 0.15) is 0 Å². The van der Waals surface area contributed by atoms with Crippen molar-refractivity contribution in [1.82, 2.24) is 20.3 Å². The van der Waals surface area contributed by atoms with E-state index >= 15 is 4.11 Å². The van der Waals surface area contributed by atoms with Crippen molar-refractivity contribution in [2.75, 3.05) is 37.0 Å². The third kappa shape index (κ3) is 5.03. The van der Waals surface area contributed by atoms with E-state index in [2.05, 4.69) is 20.9 Å². The number of rotatable bonds is 8. The minimum absolute atomic E-state index is 0.0107. The molecule has 2 saturated heterocycles. The molecule has 0 bridgehead atoms. The Morgan fingerprint density at radius 3 is 2.87 bits per heavy atom. The van der Waals surface area contributed by atoms with Crippen LogP contribution in [0.3, 0.4) is 0 Å². The van der Waals surface area contributed by atoms with Crippen LogP contribution in [-0.4, -0.2) is 73.2 Å². The number of carbonyl (C=O) groups excluding carboxylic acids is 2. The lowest BCUT2D eigenvalue weighted by Gasteiger charge is -2.31. The van der Waals surface area contributed by atoms with Crippen molar-refractivity contribution < 1.29 is 23.5 Å². The number of aromatic nitrogens is 3. The van der Waals surface area contributed by atoms with Crippen molar-refractivity contribution in [3.05, 3.63) is 35.7 Å². The molecule has 1 aromatic carbocycles. The van der Waals surface area contributed by atoms with Gasteiger partial charge in [0.15, 0.2) is 5.60 Å². The van der Waals surface area contributed by atoms with Crippen LogP contribution in [0.5, 0.6) is 0 Å². The van der Waals surface area contributed by atoms with E-state index in [1.165, 1.54) is 0 Å². The van der Waals surface area contributed by atoms with Gasteiger partial charge in [-0.1, -0.05) is 12.1 Å². The van der Waals surface area contributed by atoms with Gasteiger partial charge in [0.25, 0.3) is 5.91 Å². The largest absolute Gasteiger partial charge is 0.396 e. The predicted octanol–water partition coefficient (Wildman–Crippen LogP) is 2.59. The predicted molar refractivity (Wildman–Crippen MR) is 148 cm³/mol. The Labute approximate surface area is 229 Å². The second-order valence-electron chi connectivity index (χ2n) is 11.6. The number of aliphatic hydroxyl groups excluding tert-OH is 1. The van der Waals surface area contributed by atoms with Gasteiger partial charge in [-0.2, -0.15) is 0 Å². The fourth-order valence-electron chi connectivity index (χ4n) is 6.76. The second kappa shape index (κ2) is 10.7. The molecule has 0 radical (unpaired) electrons. The van der Waals surface area contributed by atoms with Crippen LogP contribution in [0.4, 0.5) is 15.5 Å². The van der Waals surface area contributed by atoms with Gasteiger partial charge in [-0.05, 0) is 57.1 Å². The molecule has 5 rings (SSSR count). The topological polar surface area (TPSA) is 122 Å². The number of piperidine rings is 1. The average molecular weight is 559 g/mol. The number of aryl methyl sites for hydroxylation is 1. The summed E-state index contributed by atoms with van der Waals surface area (Å²) in [7, 11) is -1.56. The molecule has 212 valence electrons. The van der Waals surface area contributed by atoms with Crippen LogP contribution in [0.1, 0.15) is 37.4 Å². The highest BCUT2D eigenvalue weighted by molar-refractivity contribution is 6.72. The standard InChI is InChI=1S/C27H39FN6O4Si/c1-17-24(39(3,4)28)23(9-12-34-16-20(10-13-35)31-32-34)38-27(17)21-14-19(7-8-22(21)33(2)26(27)37)30-25(36)18-6-5-11-29-15-18/h7-8,14,16-18,23-24,29,35H,5-6,9-13,15H2,1-4H3,(H,30,36)/t17-,18?,23+,24-,27+/m0/s1. The van der Waals surface area contributed by atoms with Crippen molar-refractivity contribution in [3.63, 3.8) is 0 Å². The van der Waals surface area contributed by atoms with Gasteiger partial charge in [0.05, 0.1) is 23.4 Å². The molecule has 5 atom stereocenters. The number of likely N-dealkylation sites (N-methyl/N-ethyl adjacent to an activating group) is 1. The molecule has 2 aromatic rings. The number of anilines is 2. The molecule has 39 heavy (non-hydrogen) atoms. The molecule has 3 aliphatic heterocycles. The first-order chi connectivity index (χ1) is 18.6. The van der Waals surface area contributed by atoms with Crippen molar-refractivity contribution in [2.24, 2.45) is 11.8 Å². The van der Waals surface area contributed by atoms with Crippen LogP contribution in [0.2, 0.25) is 18.6 Å². The Hall–Kier alpha value is -2.67. The zero-order chi connectivity index (χ0) is 27.9. The minimum Gasteiger partial charge on any atom is -0.396 e. The van der Waals surface area contributed by atoms with E-state index in [4.69, 9.17) is 9.84 Å². The number of nitrogens with one attached hydrogen (secondary N) is 2. The van der Waals surface area contributed by atoms with Crippen LogP contribution >= 0.6 is 0 Å². The summed E-state index contributed by atoms with van der Waals surface area (Å²) in [6.07, 6.45) is 3.96. The van der Waals surface area contributed by atoms with Gasteiger partial charge in [0, 0.05) is 62.1 Å². The number of benzene rings is 1. The molecule has 1 unspecified atom stereocenters. The normalized spacial score (nSPS) is 28.8. The second-order valence-corrected chi connectivity index (χ2v) is 15.4. The van der Waals surface area contributed by atoms with Crippen molar-refractivity contribution in [3.8, 4) is 0 Å². The summed E-state index contributed by atoms with van der Waals surface area (Å²) in [5, 5.41) is 23.7. The van der Waals surface area contributed by atoms with E-state index in [0.717, 1.165) is 19.4 Å². The lowest BCUT2D eigenvalue weighted by Crippen LogP contribution is -2.44. The van der Waals surface area contributed by atoms with E-state index in [1.54, 1.807) is 35.9 Å². The number of carbonyl (C=O) groups is 2. The van der Waals surface area contributed by atoms with Crippen LogP contribution in [0.15, 0.2) is 24.4 Å². The number of hydrogen-bond acceptors (Lipinski definition) is 7. The lowest BCUT2D eigenvalue weighted by atomic mass is 9.82. The first-order valence-electron chi connectivity index (χ1n) is 13.9. The number of amides is 2. The van der Waals surface area contributed by atoms with Gasteiger partial charge in [-0.15, -0.1) is 5.10 Å². The SMILES string of the molecule is C[C@H]1[C@H]([Si](C)(C)F)[C@@H](CCn2cc(CCO)nn2)O[C@]12C(=O)N(C)c1ccc(NC(=O)C3CCCNC3)cc12. The Balaban J connectivity index is 1.44. The molecule has 1 aromatic heterocycles. The fraction of sp³-hybridized carbons (Fsp3) is 0.630. The van der Waals surface area contributed by atoms with Crippen LogP contribution in [0.25, 0.3) is 0 Å². The molecule has 12 heteroatoms. The Morgan fingerprint density at radius 2 is 2.18 bits per heavy atom. The smallest absolute Gasteiger partial charge is 0.264 e. The first-order valence-corrected chi connectivity index (χ1v) is 16.8. The minimum atomic E-state index is -3.28. The molecule has 3 N–H and O–H groups in total. The third-order valence-corrected chi connectivity index (χ3v) is 11.1. The molecule has 3 aliphatic rings. The zero-order valence-electron chi connectivity index (χ0n) is 23.1. The van der Waals surface area contributed by atoms with Gasteiger partial charge in [0.2, 0.25) is 14.3 Å². The van der Waals surface area contributed by atoms with E-state index in [-0.39, 0.29) is 24.3 Å². The summed E-state index contributed by atoms with van der Waals surface area (Å²) in [6, 6.07) is 5.49. The molecule has 2 fully saturated rings. The van der Waals surface area contributed by atoms with Gasteiger partial charge in [-0.3, -0.25) is 14.3 Å². The maximum atomic E-state index is 15.9. The monoisotopic (exact) mass is 558 g/mol. The molecule has 10 nitrogen and oxygen atoms in total. The number of fused-ring (bicyclic) bond motifs is 2. The van der Waals surface area contributed by atoms with Crippen LogP contribution < -0.4 is 15.5 Å². The summed E-state index contributed by atoms with van der Waals surface area (Å²) >= 11 is 0. The van der Waals surface area contributed by atoms with E-state index in [9.17, 15) is 9.59 Å². The van der Waals surface area contributed by atoms with Crippen molar-refractivity contribution in [2.45, 2.75) is 69.5 Å². The zero-order valence-corrected chi connectivity index (χ0v) is 24.1. The summed E-state index contributed by atoms with van der Waals surface area (Å²) in [5.74, 6) is -0.759. The molecule has 4 heterocycles. The average Bonchev–Trinajstić information content (AvgIpc) is 3.54. The first kappa shape index (κ1) is 27.9. The van der Waals surface area contributed by atoms with Gasteiger partial charge < -0.3 is 29.5 Å². The Kier molecular flexibility index (Phi) is 7.66. The lowest BCUT2D eigenvalue weighted by molar-refractivity contribution is -0.145. The number of nitrogens with zero attached hydrogens (tertiary/aromatic N) is 4. The Bertz CT molecular complexity index is 1230. The molecular formula is C27H39FN6O4Si. The molecular weight excluding hydrogens is 519 g/mol. The summed E-state index contributed by atoms with van der Waals surface area (Å²) in [5.41, 5.74) is 0.941. The highest BCUT2D eigenvalue weighted by Crippen LogP contribution is 2.60. The van der Waals surface area contributed by atoms with Crippen LogP contribution in [-0.2, 0) is 32.9 Å². The Morgan fingerprint density at radius 1 is 1.38 bits per heavy atom. The summed E-state index contributed by atoms with van der Waals surface area (Å²) < 4.78 is 24.3. The van der Waals surface area contributed by atoms with E-state index in [1.807, 2.05) is 25.1 Å². The number of hydrogen-bond donors (Lipinski definition) is 3. The molecule has 2 amide bonds.